The molecule has 3 heteroatoms. The van der Waals surface area contributed by atoms with E-state index in [1.807, 2.05) is 0 Å². The van der Waals surface area contributed by atoms with Gasteiger partial charge >= 0.3 is 0 Å². The van der Waals surface area contributed by atoms with Gasteiger partial charge in [-0.05, 0) is 0 Å². The van der Waals surface area contributed by atoms with Crippen LogP contribution in [0, 0.1) is 0 Å². The first-order valence-corrected chi connectivity index (χ1v) is 0. The number of hydrogen-bond acceptors (Lipinski definition) is 0. The van der Waals surface area contributed by atoms with Crippen LogP contribution in [0.15, 0.2) is 0 Å². The van der Waals surface area contributed by atoms with E-state index >= 15 is 0 Å². The average Bonchev–Trinajstić information content (AvgIpc) is 0. The van der Waals surface area contributed by atoms with E-state index in [4.69, 9.17) is 0 Å². The summed E-state index contributed by atoms with van der Waals surface area (Å²) in [6, 6.07) is 0. The normalized spacial score (nSPS) is 0. The molecule has 0 rings (SSSR count). The molecule has 0 aliphatic heterocycles. The van der Waals surface area contributed by atoms with Gasteiger partial charge in [-0.15, -0.1) is 0 Å². The van der Waals surface area contributed by atoms with Gasteiger partial charge in [0, 0.05) is 33.3 Å². The summed E-state index contributed by atoms with van der Waals surface area (Å²) in [6.45, 7) is 0. The van der Waals surface area contributed by atoms with E-state index in [2.05, 4.69) is 0 Å². The molecule has 0 saturated heterocycles. The Morgan fingerprint density at radius 3 is 1.00 bits per heavy atom. The zero-order chi connectivity index (χ0) is 0. The van der Waals surface area contributed by atoms with Crippen molar-refractivity contribution in [2.24, 2.45) is 0 Å². The largest absolute Gasteiger partial charge is 0.0814 e. The maximum atomic E-state index is 0. The molecular formula is CH7BCoNi. The molecule has 0 aliphatic rings. The van der Waals surface area contributed by atoms with Crippen LogP contribution in [0.4, 0.5) is 0 Å². The summed E-state index contributed by atoms with van der Waals surface area (Å²) in [5.74, 6) is 0. The molecule has 0 saturated carbocycles. The maximum absolute atomic E-state index is 0. The molecule has 0 spiro atoms. The van der Waals surface area contributed by atoms with Crippen LogP contribution < -0.4 is 0 Å². The van der Waals surface area contributed by atoms with Gasteiger partial charge in [0.05, 0.1) is 8.41 Å². The summed E-state index contributed by atoms with van der Waals surface area (Å²) in [7, 11) is 0. The predicted molar refractivity (Wildman–Crippen MR) is 16.7 cm³/mol. The fraction of sp³-hybridized carbons (Fsp3) is 1.00. The van der Waals surface area contributed by atoms with Crippen molar-refractivity contribution in [2.45, 2.75) is 7.43 Å². The second-order valence-corrected chi connectivity index (χ2v) is 0. The summed E-state index contributed by atoms with van der Waals surface area (Å²) in [4.78, 5) is 0. The fourth-order valence-corrected chi connectivity index (χ4v) is 0. The Bertz CT molecular complexity index is 8.00. The van der Waals surface area contributed by atoms with Gasteiger partial charge in [0.25, 0.3) is 0 Å². The Morgan fingerprint density at radius 1 is 1.00 bits per heavy atom. The molecule has 0 heterocycles. The zero-order valence-electron chi connectivity index (χ0n) is 0.650. The van der Waals surface area contributed by atoms with Gasteiger partial charge < -0.3 is 0 Å². The molecule has 1 radical (unpaired) electrons. The first-order chi connectivity index (χ1) is 0. The predicted octanol–water partition coefficient (Wildman–Crippen LogP) is -0.553. The van der Waals surface area contributed by atoms with E-state index in [-0.39, 0.29) is 49.1 Å². The Kier molecular flexibility index (Phi) is 621. The van der Waals surface area contributed by atoms with Crippen molar-refractivity contribution in [3.63, 3.8) is 0 Å². The minimum atomic E-state index is 0. The number of hydrogen-bond donors (Lipinski definition) is 0. The van der Waals surface area contributed by atoms with Crippen LogP contribution in [0.1, 0.15) is 7.43 Å². The topological polar surface area (TPSA) is 0 Å². The van der Waals surface area contributed by atoms with Gasteiger partial charge in [0.15, 0.2) is 0 Å². The van der Waals surface area contributed by atoms with Crippen LogP contribution in [0.5, 0.6) is 0 Å². The minimum absolute atomic E-state index is 0. The van der Waals surface area contributed by atoms with E-state index in [1.165, 1.54) is 0 Å². The van der Waals surface area contributed by atoms with Crippen molar-refractivity contribution in [3.05, 3.63) is 0 Å². The van der Waals surface area contributed by atoms with Crippen molar-refractivity contribution in [2.75, 3.05) is 0 Å². The molecular weight excluding hydrogens is 140 g/mol. The summed E-state index contributed by atoms with van der Waals surface area (Å²) in [6.07, 6.45) is 0. The van der Waals surface area contributed by atoms with Gasteiger partial charge in [-0.1, -0.05) is 7.43 Å². The molecule has 0 unspecified atom stereocenters. The summed E-state index contributed by atoms with van der Waals surface area (Å²) in [5.41, 5.74) is 0. The Morgan fingerprint density at radius 2 is 1.00 bits per heavy atom. The second kappa shape index (κ2) is 33.7. The van der Waals surface area contributed by atoms with Crippen LogP contribution in [-0.2, 0) is 33.3 Å². The molecule has 0 aromatic heterocycles. The van der Waals surface area contributed by atoms with Gasteiger partial charge in [-0.2, -0.15) is 0 Å². The van der Waals surface area contributed by atoms with Gasteiger partial charge in [0.1, 0.15) is 0 Å². The van der Waals surface area contributed by atoms with Crippen LogP contribution >= 0.6 is 0 Å². The first-order valence-electron chi connectivity index (χ1n) is 0. The maximum Gasteiger partial charge on any atom is 0.0814 e. The van der Waals surface area contributed by atoms with E-state index < -0.39 is 0 Å². The molecule has 0 nitrogen and oxygen atoms in total. The van der Waals surface area contributed by atoms with E-state index in [1.54, 1.807) is 0 Å². The van der Waals surface area contributed by atoms with Crippen LogP contribution in [-0.4, -0.2) is 8.41 Å². The first kappa shape index (κ1) is 73.8. The van der Waals surface area contributed by atoms with Crippen LogP contribution in [0.2, 0.25) is 0 Å². The standard InChI is InChI=1S/CH4.BH3.Co.Ni/h1H4;1H3;;. The quantitative estimate of drug-likeness (QED) is 0.403. The van der Waals surface area contributed by atoms with Crippen LogP contribution in [0.25, 0.3) is 0 Å². The van der Waals surface area contributed by atoms with Crippen molar-refractivity contribution >= 4 is 8.41 Å². The summed E-state index contributed by atoms with van der Waals surface area (Å²) >= 11 is 0. The van der Waals surface area contributed by atoms with E-state index in [0.29, 0.717) is 0 Å². The molecule has 0 aromatic rings. The van der Waals surface area contributed by atoms with Crippen LogP contribution in [0.3, 0.4) is 0 Å². The SMILES string of the molecule is B.C.[Co].[Ni]. The van der Waals surface area contributed by atoms with Gasteiger partial charge in [0.2, 0.25) is 0 Å². The van der Waals surface area contributed by atoms with Gasteiger partial charge in [-0.25, -0.2) is 0 Å². The number of rotatable bonds is 0. The van der Waals surface area contributed by atoms with E-state index in [0.717, 1.165) is 0 Å². The Balaban J connectivity index is 0. The van der Waals surface area contributed by atoms with Crippen molar-refractivity contribution in [3.8, 4) is 0 Å². The summed E-state index contributed by atoms with van der Waals surface area (Å²) in [5, 5.41) is 0. The molecule has 0 N–H and O–H groups in total. The summed E-state index contributed by atoms with van der Waals surface area (Å²) < 4.78 is 0. The fourth-order valence-electron chi connectivity index (χ4n) is 0. The molecule has 4 heavy (non-hydrogen) atoms. The van der Waals surface area contributed by atoms with Crippen molar-refractivity contribution in [1.29, 1.82) is 0 Å². The smallest absolute Gasteiger partial charge is 0.0776 e. The zero-order valence-corrected chi connectivity index (χ0v) is 2.68. The molecule has 0 fully saturated rings. The van der Waals surface area contributed by atoms with Crippen molar-refractivity contribution < 1.29 is 33.3 Å². The third-order valence-electron chi connectivity index (χ3n) is 0. The monoisotopic (exact) mass is 147 g/mol. The third kappa shape index (κ3) is 11.5. The molecule has 0 amide bonds. The molecule has 0 atom stereocenters. The van der Waals surface area contributed by atoms with Crippen molar-refractivity contribution in [1.82, 2.24) is 0 Å². The molecule has 0 aliphatic carbocycles. The third-order valence-corrected chi connectivity index (χ3v) is 0. The van der Waals surface area contributed by atoms with E-state index in [9.17, 15) is 0 Å². The van der Waals surface area contributed by atoms with Gasteiger partial charge in [-0.3, -0.25) is 0 Å². The second-order valence-electron chi connectivity index (χ2n) is 0. The Labute approximate surface area is 49.4 Å². The molecule has 0 bridgehead atoms. The molecule has 0 aromatic carbocycles. The Hall–Kier alpha value is 1.06. The average molecular weight is 148 g/mol. The minimum Gasteiger partial charge on any atom is -0.0776 e. The molecule has 33 valence electrons.